The van der Waals surface area contributed by atoms with E-state index >= 15 is 0 Å². The zero-order valence-electron chi connectivity index (χ0n) is 14.4. The van der Waals surface area contributed by atoms with Crippen LogP contribution < -0.4 is 9.64 Å². The number of ether oxygens (including phenoxy) is 2. The van der Waals surface area contributed by atoms with E-state index in [0.29, 0.717) is 17.0 Å². The lowest BCUT2D eigenvalue weighted by atomic mass is 9.84. The van der Waals surface area contributed by atoms with Gasteiger partial charge in [-0.15, -0.1) is 0 Å². The zero-order valence-corrected chi connectivity index (χ0v) is 14.4. The molecule has 132 valence electrons. The van der Waals surface area contributed by atoms with Gasteiger partial charge in [0.25, 0.3) is 5.72 Å². The summed E-state index contributed by atoms with van der Waals surface area (Å²) in [6.07, 6.45) is 0.0236. The van der Waals surface area contributed by atoms with Crippen LogP contribution in [-0.4, -0.2) is 30.5 Å². The number of methoxy groups -OCH3 is 1. The first-order valence-corrected chi connectivity index (χ1v) is 8.29. The van der Waals surface area contributed by atoms with Crippen LogP contribution in [-0.2, 0) is 14.3 Å². The summed E-state index contributed by atoms with van der Waals surface area (Å²) in [5, 5.41) is 0. The minimum absolute atomic E-state index is 0.0236. The number of amides is 1. The van der Waals surface area contributed by atoms with E-state index < -0.39 is 17.6 Å². The van der Waals surface area contributed by atoms with Crippen LogP contribution in [0.3, 0.4) is 0 Å². The number of ketones is 1. The Hall–Kier alpha value is -3.15. The van der Waals surface area contributed by atoms with Gasteiger partial charge in [-0.1, -0.05) is 24.3 Å². The fourth-order valence-corrected chi connectivity index (χ4v) is 3.92. The quantitative estimate of drug-likeness (QED) is 0.778. The molecule has 1 fully saturated rings. The lowest BCUT2D eigenvalue weighted by Crippen LogP contribution is -2.55. The van der Waals surface area contributed by atoms with Crippen molar-refractivity contribution in [2.24, 2.45) is 0 Å². The van der Waals surface area contributed by atoms with Crippen molar-refractivity contribution in [3.8, 4) is 5.75 Å². The Balaban J connectivity index is 1.90. The zero-order chi connectivity index (χ0) is 18.5. The first kappa shape index (κ1) is 16.3. The van der Waals surface area contributed by atoms with Crippen molar-refractivity contribution in [3.63, 3.8) is 0 Å². The number of esters is 1. The number of hydrogen-bond donors (Lipinski definition) is 0. The van der Waals surface area contributed by atoms with Gasteiger partial charge >= 0.3 is 5.97 Å². The predicted octanol–water partition coefficient (Wildman–Crippen LogP) is 2.67. The van der Waals surface area contributed by atoms with Crippen molar-refractivity contribution < 1.29 is 23.9 Å². The SMILES string of the molecule is COc1ccc(C2CC(=O)OC23C(=O)c2ccccc2N3C(C)=O)cc1. The highest BCUT2D eigenvalue weighted by molar-refractivity contribution is 6.21. The summed E-state index contributed by atoms with van der Waals surface area (Å²) in [6, 6.07) is 13.9. The molecule has 0 aromatic heterocycles. The van der Waals surface area contributed by atoms with Crippen LogP contribution in [0.25, 0.3) is 0 Å². The first-order chi connectivity index (χ1) is 12.5. The number of Topliss-reactive ketones (excluding diaryl/α,β-unsaturated/α-hetero) is 1. The Morgan fingerprint density at radius 2 is 1.85 bits per heavy atom. The Morgan fingerprint density at radius 3 is 2.50 bits per heavy atom. The molecule has 6 heteroatoms. The van der Waals surface area contributed by atoms with Crippen LogP contribution in [0.2, 0.25) is 0 Å². The van der Waals surface area contributed by atoms with E-state index in [4.69, 9.17) is 9.47 Å². The molecule has 0 bridgehead atoms. The number of benzene rings is 2. The van der Waals surface area contributed by atoms with Crippen LogP contribution in [0.15, 0.2) is 48.5 Å². The van der Waals surface area contributed by atoms with Crippen molar-refractivity contribution in [1.82, 2.24) is 0 Å². The number of para-hydroxylation sites is 1. The maximum absolute atomic E-state index is 13.3. The third-order valence-corrected chi connectivity index (χ3v) is 4.99. The summed E-state index contributed by atoms with van der Waals surface area (Å²) in [5.74, 6) is -1.15. The monoisotopic (exact) mass is 351 g/mol. The Bertz CT molecular complexity index is 920. The predicted molar refractivity (Wildman–Crippen MR) is 93.1 cm³/mol. The molecule has 1 amide bonds. The van der Waals surface area contributed by atoms with Crippen molar-refractivity contribution in [1.29, 1.82) is 0 Å². The minimum atomic E-state index is -1.67. The fourth-order valence-electron chi connectivity index (χ4n) is 3.92. The molecule has 0 radical (unpaired) electrons. The smallest absolute Gasteiger partial charge is 0.309 e. The summed E-state index contributed by atoms with van der Waals surface area (Å²) in [7, 11) is 1.56. The highest BCUT2D eigenvalue weighted by atomic mass is 16.6. The molecule has 1 spiro atoms. The summed E-state index contributed by atoms with van der Waals surface area (Å²) in [5.41, 5.74) is -0.0699. The molecule has 2 aromatic rings. The molecule has 2 aliphatic heterocycles. The summed E-state index contributed by atoms with van der Waals surface area (Å²) >= 11 is 0. The molecule has 0 saturated carbocycles. The van der Waals surface area contributed by atoms with E-state index in [0.717, 1.165) is 5.56 Å². The van der Waals surface area contributed by atoms with E-state index in [2.05, 4.69) is 0 Å². The molecule has 2 unspecified atom stereocenters. The standard InChI is InChI=1S/C20H17NO5/c1-12(22)21-17-6-4-3-5-15(17)19(24)20(21)16(11-18(23)26-20)13-7-9-14(25-2)10-8-13/h3-10,16H,11H2,1-2H3. The van der Waals surface area contributed by atoms with Gasteiger partial charge in [0.05, 0.1) is 25.1 Å². The van der Waals surface area contributed by atoms with Crippen molar-refractivity contribution in [2.45, 2.75) is 25.0 Å². The number of nitrogens with zero attached hydrogens (tertiary/aromatic N) is 1. The molecular formula is C20H17NO5. The molecule has 26 heavy (non-hydrogen) atoms. The van der Waals surface area contributed by atoms with Gasteiger partial charge in [-0.2, -0.15) is 0 Å². The Kier molecular flexibility index (Phi) is 3.57. The van der Waals surface area contributed by atoms with Crippen LogP contribution in [0.5, 0.6) is 5.75 Å². The van der Waals surface area contributed by atoms with Gasteiger partial charge in [-0.3, -0.25) is 19.3 Å². The second kappa shape index (κ2) is 5.69. The van der Waals surface area contributed by atoms with Gasteiger partial charge in [0.1, 0.15) is 5.75 Å². The van der Waals surface area contributed by atoms with Crippen molar-refractivity contribution >= 4 is 23.3 Å². The third-order valence-electron chi connectivity index (χ3n) is 4.99. The van der Waals surface area contributed by atoms with E-state index in [9.17, 15) is 14.4 Å². The second-order valence-corrected chi connectivity index (χ2v) is 6.40. The molecule has 0 N–H and O–H groups in total. The Labute approximate surface area is 150 Å². The molecular weight excluding hydrogens is 334 g/mol. The van der Waals surface area contributed by atoms with Gasteiger partial charge < -0.3 is 9.47 Å². The average Bonchev–Trinajstić information content (AvgIpc) is 3.11. The molecule has 4 rings (SSSR count). The number of fused-ring (bicyclic) bond motifs is 1. The van der Waals surface area contributed by atoms with Gasteiger partial charge in [0.2, 0.25) is 11.7 Å². The fraction of sp³-hybridized carbons (Fsp3) is 0.250. The highest BCUT2D eigenvalue weighted by Gasteiger charge is 2.65. The number of hydrogen-bond acceptors (Lipinski definition) is 5. The van der Waals surface area contributed by atoms with E-state index in [1.807, 2.05) is 0 Å². The highest BCUT2D eigenvalue weighted by Crippen LogP contribution is 2.52. The Morgan fingerprint density at radius 1 is 1.15 bits per heavy atom. The molecule has 2 aliphatic rings. The van der Waals surface area contributed by atoms with Gasteiger partial charge in [-0.25, -0.2) is 0 Å². The summed E-state index contributed by atoms with van der Waals surface area (Å²) in [4.78, 5) is 39.3. The molecule has 1 saturated heterocycles. The molecule has 2 heterocycles. The lowest BCUT2D eigenvalue weighted by Gasteiger charge is -2.36. The van der Waals surface area contributed by atoms with Gasteiger partial charge in [0.15, 0.2) is 0 Å². The maximum atomic E-state index is 13.3. The van der Waals surface area contributed by atoms with E-state index in [1.165, 1.54) is 11.8 Å². The van der Waals surface area contributed by atoms with Crippen LogP contribution >= 0.6 is 0 Å². The van der Waals surface area contributed by atoms with Gasteiger partial charge in [0, 0.05) is 12.5 Å². The van der Waals surface area contributed by atoms with Crippen molar-refractivity contribution in [2.75, 3.05) is 12.0 Å². The number of carbonyl (C=O) groups excluding carboxylic acids is 3. The largest absolute Gasteiger partial charge is 0.497 e. The number of carbonyl (C=O) groups is 3. The topological polar surface area (TPSA) is 72.9 Å². The summed E-state index contributed by atoms with van der Waals surface area (Å²) < 4.78 is 10.8. The molecule has 6 nitrogen and oxygen atoms in total. The van der Waals surface area contributed by atoms with Crippen LogP contribution in [0.1, 0.15) is 35.2 Å². The number of rotatable bonds is 2. The molecule has 2 aromatic carbocycles. The normalized spacial score (nSPS) is 23.9. The van der Waals surface area contributed by atoms with E-state index in [-0.39, 0.29) is 18.1 Å². The lowest BCUT2D eigenvalue weighted by molar-refractivity contribution is -0.146. The van der Waals surface area contributed by atoms with Crippen molar-refractivity contribution in [3.05, 3.63) is 59.7 Å². The maximum Gasteiger partial charge on any atom is 0.309 e. The first-order valence-electron chi connectivity index (χ1n) is 8.29. The van der Waals surface area contributed by atoms with Gasteiger partial charge in [-0.05, 0) is 29.8 Å². The molecule has 2 atom stereocenters. The van der Waals surface area contributed by atoms with E-state index in [1.54, 1.807) is 55.6 Å². The average molecular weight is 351 g/mol. The third kappa shape index (κ3) is 2.08. The van der Waals surface area contributed by atoms with Crippen LogP contribution in [0, 0.1) is 0 Å². The minimum Gasteiger partial charge on any atom is -0.497 e. The second-order valence-electron chi connectivity index (χ2n) is 6.40. The van der Waals surface area contributed by atoms with Crippen LogP contribution in [0.4, 0.5) is 5.69 Å². The molecule has 0 aliphatic carbocycles. The summed E-state index contributed by atoms with van der Waals surface area (Å²) in [6.45, 7) is 1.37. The number of anilines is 1.